The van der Waals surface area contributed by atoms with E-state index in [1.807, 2.05) is 42.5 Å². The number of nitrogens with zero attached hydrogens (tertiary/aromatic N) is 5. The van der Waals surface area contributed by atoms with Gasteiger partial charge in [-0.3, -0.25) is 5.43 Å². The molecule has 0 radical (unpaired) electrons. The molecular formula is C20H20N6. The van der Waals surface area contributed by atoms with E-state index < -0.39 is 0 Å². The minimum absolute atomic E-state index is 0.289. The zero-order valence-electron chi connectivity index (χ0n) is 14.7. The first-order chi connectivity index (χ1) is 12.7. The van der Waals surface area contributed by atoms with E-state index in [1.54, 1.807) is 18.5 Å². The Morgan fingerprint density at radius 2 is 1.58 bits per heavy atom. The standard InChI is InChI=1S/C20H20N6/c1-15(2)16-9-11-18(12-10-16)23-24-19(17-7-4-3-5-8-17)25-26-20-21-13-6-14-22-20/h3-15,23H,1-2H3/b24-19-,26-25?. The zero-order chi connectivity index (χ0) is 18.2. The van der Waals surface area contributed by atoms with Crippen LogP contribution in [0.5, 0.6) is 0 Å². The van der Waals surface area contributed by atoms with Gasteiger partial charge in [0, 0.05) is 18.0 Å². The summed E-state index contributed by atoms with van der Waals surface area (Å²) in [6, 6.07) is 19.5. The van der Waals surface area contributed by atoms with E-state index in [0.717, 1.165) is 11.3 Å². The first-order valence-corrected chi connectivity index (χ1v) is 8.40. The molecule has 1 aromatic heterocycles. The Hall–Kier alpha value is -3.41. The van der Waals surface area contributed by atoms with Crippen molar-refractivity contribution in [2.24, 2.45) is 15.3 Å². The van der Waals surface area contributed by atoms with E-state index in [9.17, 15) is 0 Å². The van der Waals surface area contributed by atoms with Gasteiger partial charge in [0.1, 0.15) is 0 Å². The molecule has 3 rings (SSSR count). The maximum atomic E-state index is 4.40. The van der Waals surface area contributed by atoms with Gasteiger partial charge in [0.15, 0.2) is 0 Å². The van der Waals surface area contributed by atoms with Crippen molar-refractivity contribution >= 4 is 17.5 Å². The molecule has 0 spiro atoms. The number of rotatable bonds is 5. The number of benzene rings is 2. The van der Waals surface area contributed by atoms with Crippen molar-refractivity contribution in [1.29, 1.82) is 0 Å². The monoisotopic (exact) mass is 344 g/mol. The highest BCUT2D eigenvalue weighted by atomic mass is 15.3. The maximum Gasteiger partial charge on any atom is 0.268 e. The topological polar surface area (TPSA) is 74.9 Å². The van der Waals surface area contributed by atoms with Crippen molar-refractivity contribution in [2.45, 2.75) is 19.8 Å². The molecule has 0 aliphatic carbocycles. The van der Waals surface area contributed by atoms with Gasteiger partial charge in [-0.1, -0.05) is 56.3 Å². The molecule has 0 bridgehead atoms. The van der Waals surface area contributed by atoms with Crippen LogP contribution in [0.1, 0.15) is 30.9 Å². The van der Waals surface area contributed by atoms with Gasteiger partial charge in [0.2, 0.25) is 5.84 Å². The van der Waals surface area contributed by atoms with Gasteiger partial charge in [0.05, 0.1) is 5.69 Å². The molecule has 0 fully saturated rings. The van der Waals surface area contributed by atoms with Crippen LogP contribution in [0.3, 0.4) is 0 Å². The predicted molar refractivity (Wildman–Crippen MR) is 104 cm³/mol. The van der Waals surface area contributed by atoms with Crippen LogP contribution in [0, 0.1) is 0 Å². The molecule has 0 saturated heterocycles. The molecule has 0 aliphatic rings. The van der Waals surface area contributed by atoms with Crippen molar-refractivity contribution in [3.63, 3.8) is 0 Å². The molecule has 0 aliphatic heterocycles. The second-order valence-electron chi connectivity index (χ2n) is 5.94. The minimum atomic E-state index is 0.289. The third-order valence-electron chi connectivity index (χ3n) is 3.69. The summed E-state index contributed by atoms with van der Waals surface area (Å²) in [4.78, 5) is 8.08. The molecule has 3 aromatic rings. The lowest BCUT2D eigenvalue weighted by atomic mass is 10.0. The van der Waals surface area contributed by atoms with E-state index in [0.29, 0.717) is 11.8 Å². The SMILES string of the molecule is CC(C)c1ccc(N/N=C(\N=Nc2ncccn2)c2ccccc2)cc1. The van der Waals surface area contributed by atoms with Crippen molar-refractivity contribution in [2.75, 3.05) is 5.43 Å². The fourth-order valence-electron chi connectivity index (χ4n) is 2.23. The Bertz CT molecular complexity index is 871. The summed E-state index contributed by atoms with van der Waals surface area (Å²) < 4.78 is 0. The van der Waals surface area contributed by atoms with Gasteiger partial charge in [-0.05, 0) is 29.7 Å². The van der Waals surface area contributed by atoms with E-state index in [1.165, 1.54) is 5.56 Å². The van der Waals surface area contributed by atoms with Crippen LogP contribution in [0.4, 0.5) is 11.6 Å². The summed E-state index contributed by atoms with van der Waals surface area (Å²) in [5, 5.41) is 12.7. The van der Waals surface area contributed by atoms with Crippen LogP contribution >= 0.6 is 0 Å². The van der Waals surface area contributed by atoms with Crippen molar-refractivity contribution in [1.82, 2.24) is 9.97 Å². The molecule has 0 saturated carbocycles. The number of aromatic nitrogens is 2. The summed E-state index contributed by atoms with van der Waals surface area (Å²) in [5.41, 5.74) is 6.05. The van der Waals surface area contributed by atoms with E-state index in [2.05, 4.69) is 56.7 Å². The van der Waals surface area contributed by atoms with Crippen molar-refractivity contribution in [3.8, 4) is 0 Å². The molecule has 130 valence electrons. The molecule has 2 aromatic carbocycles. The lowest BCUT2D eigenvalue weighted by Gasteiger charge is -2.07. The minimum Gasteiger partial charge on any atom is -0.276 e. The highest BCUT2D eigenvalue weighted by Gasteiger charge is 2.03. The van der Waals surface area contributed by atoms with Crippen LogP contribution in [-0.4, -0.2) is 15.8 Å². The average Bonchev–Trinajstić information content (AvgIpc) is 2.70. The molecule has 0 amide bonds. The summed E-state index contributed by atoms with van der Waals surface area (Å²) in [6.45, 7) is 4.33. The fourth-order valence-corrected chi connectivity index (χ4v) is 2.23. The van der Waals surface area contributed by atoms with Crippen LogP contribution in [0.2, 0.25) is 0 Å². The largest absolute Gasteiger partial charge is 0.276 e. The maximum absolute atomic E-state index is 4.40. The number of anilines is 1. The van der Waals surface area contributed by atoms with Gasteiger partial charge in [-0.15, -0.1) is 10.2 Å². The third kappa shape index (κ3) is 4.80. The normalized spacial score (nSPS) is 11.9. The molecule has 1 heterocycles. The molecule has 6 nitrogen and oxygen atoms in total. The lowest BCUT2D eigenvalue weighted by molar-refractivity contribution is 0.867. The lowest BCUT2D eigenvalue weighted by Crippen LogP contribution is -2.01. The number of hydrogen-bond donors (Lipinski definition) is 1. The second-order valence-corrected chi connectivity index (χ2v) is 5.94. The quantitative estimate of drug-likeness (QED) is 0.301. The molecule has 6 heteroatoms. The highest BCUT2D eigenvalue weighted by Crippen LogP contribution is 2.17. The van der Waals surface area contributed by atoms with Gasteiger partial charge >= 0.3 is 0 Å². The number of amidine groups is 1. The number of azo groups is 1. The zero-order valence-corrected chi connectivity index (χ0v) is 14.7. The van der Waals surface area contributed by atoms with Crippen molar-refractivity contribution in [3.05, 3.63) is 84.2 Å². The average molecular weight is 344 g/mol. The first kappa shape index (κ1) is 17.4. The molecule has 26 heavy (non-hydrogen) atoms. The number of hydrazone groups is 1. The van der Waals surface area contributed by atoms with Gasteiger partial charge < -0.3 is 0 Å². The Balaban J connectivity index is 1.83. The Morgan fingerprint density at radius 3 is 2.23 bits per heavy atom. The van der Waals surface area contributed by atoms with Gasteiger partial charge in [0.25, 0.3) is 5.95 Å². The van der Waals surface area contributed by atoms with Crippen LogP contribution in [0.25, 0.3) is 0 Å². The van der Waals surface area contributed by atoms with Gasteiger partial charge in [-0.2, -0.15) is 5.10 Å². The summed E-state index contributed by atoms with van der Waals surface area (Å²) >= 11 is 0. The van der Waals surface area contributed by atoms with E-state index in [-0.39, 0.29) is 5.95 Å². The van der Waals surface area contributed by atoms with Crippen LogP contribution in [-0.2, 0) is 0 Å². The first-order valence-electron chi connectivity index (χ1n) is 8.40. The fraction of sp³-hybridized carbons (Fsp3) is 0.150. The molecular weight excluding hydrogens is 324 g/mol. The number of hydrogen-bond acceptors (Lipinski definition) is 5. The second kappa shape index (κ2) is 8.62. The molecule has 0 unspecified atom stereocenters. The van der Waals surface area contributed by atoms with Crippen LogP contribution < -0.4 is 5.43 Å². The molecule has 0 atom stereocenters. The number of nitrogens with one attached hydrogen (secondary N) is 1. The van der Waals surface area contributed by atoms with Gasteiger partial charge in [-0.25, -0.2) is 9.97 Å². The summed E-state index contributed by atoms with van der Waals surface area (Å²) in [6.07, 6.45) is 3.24. The smallest absolute Gasteiger partial charge is 0.268 e. The van der Waals surface area contributed by atoms with Crippen LogP contribution in [0.15, 0.2) is 88.4 Å². The summed E-state index contributed by atoms with van der Waals surface area (Å²) in [7, 11) is 0. The molecule has 1 N–H and O–H groups in total. The predicted octanol–water partition coefficient (Wildman–Crippen LogP) is 5.16. The van der Waals surface area contributed by atoms with E-state index in [4.69, 9.17) is 0 Å². The van der Waals surface area contributed by atoms with E-state index >= 15 is 0 Å². The summed E-state index contributed by atoms with van der Waals surface area (Å²) in [5.74, 6) is 1.23. The Labute approximate surface area is 152 Å². The Kier molecular flexibility index (Phi) is 5.77. The Morgan fingerprint density at radius 1 is 0.885 bits per heavy atom. The highest BCUT2D eigenvalue weighted by molar-refractivity contribution is 5.99. The third-order valence-corrected chi connectivity index (χ3v) is 3.69. The van der Waals surface area contributed by atoms with Crippen molar-refractivity contribution < 1.29 is 0 Å².